The van der Waals surface area contributed by atoms with Gasteiger partial charge in [0.1, 0.15) is 5.82 Å². The van der Waals surface area contributed by atoms with Crippen molar-refractivity contribution in [3.8, 4) is 0 Å². The smallest absolute Gasteiger partial charge is 0.359 e. The standard InChI is InChI=1S/C25H20FN3O3S/c26-19-11-13-20(14-12-19)28-23(30)22(18-9-5-2-6-10-18)32-24(31)21-16-33-25(29-21)27-15-17-7-3-1-4-8-17/h1-14,16,22H,15H2,(H,27,29)(H,28,30). The Hall–Kier alpha value is -4.04. The van der Waals surface area contributed by atoms with E-state index in [1.807, 2.05) is 30.3 Å². The summed E-state index contributed by atoms with van der Waals surface area (Å²) in [6.45, 7) is 0.565. The van der Waals surface area contributed by atoms with Crippen molar-refractivity contribution in [1.29, 1.82) is 0 Å². The van der Waals surface area contributed by atoms with E-state index in [1.165, 1.54) is 35.6 Å². The lowest BCUT2D eigenvalue weighted by Gasteiger charge is -2.17. The number of ether oxygens (including phenoxy) is 1. The Morgan fingerprint density at radius 2 is 1.61 bits per heavy atom. The number of amides is 1. The van der Waals surface area contributed by atoms with E-state index in [2.05, 4.69) is 15.6 Å². The van der Waals surface area contributed by atoms with E-state index < -0.39 is 23.8 Å². The summed E-state index contributed by atoms with van der Waals surface area (Å²) in [5, 5.41) is 7.97. The van der Waals surface area contributed by atoms with Crippen molar-refractivity contribution in [3.63, 3.8) is 0 Å². The Labute approximate surface area is 194 Å². The summed E-state index contributed by atoms with van der Waals surface area (Å²) in [4.78, 5) is 30.0. The zero-order chi connectivity index (χ0) is 23.0. The first kappa shape index (κ1) is 22.2. The lowest BCUT2D eigenvalue weighted by molar-refractivity contribution is -0.125. The van der Waals surface area contributed by atoms with Crippen LogP contribution in [-0.2, 0) is 16.1 Å². The van der Waals surface area contributed by atoms with E-state index in [1.54, 1.807) is 35.7 Å². The van der Waals surface area contributed by atoms with Crippen molar-refractivity contribution < 1.29 is 18.7 Å². The van der Waals surface area contributed by atoms with E-state index >= 15 is 0 Å². The monoisotopic (exact) mass is 461 g/mol. The molecule has 0 saturated heterocycles. The van der Waals surface area contributed by atoms with Crippen LogP contribution in [0.2, 0.25) is 0 Å². The minimum atomic E-state index is -1.20. The summed E-state index contributed by atoms with van der Waals surface area (Å²) in [6.07, 6.45) is -1.20. The van der Waals surface area contributed by atoms with Gasteiger partial charge in [0.25, 0.3) is 5.91 Å². The van der Waals surface area contributed by atoms with Gasteiger partial charge in [-0.15, -0.1) is 11.3 Å². The Morgan fingerprint density at radius 3 is 2.30 bits per heavy atom. The van der Waals surface area contributed by atoms with Crippen LogP contribution in [0.4, 0.5) is 15.2 Å². The Bertz CT molecular complexity index is 1210. The summed E-state index contributed by atoms with van der Waals surface area (Å²) < 4.78 is 18.7. The van der Waals surface area contributed by atoms with E-state index in [-0.39, 0.29) is 5.69 Å². The number of nitrogens with one attached hydrogen (secondary N) is 2. The maximum atomic E-state index is 13.2. The summed E-state index contributed by atoms with van der Waals surface area (Å²) in [7, 11) is 0. The summed E-state index contributed by atoms with van der Waals surface area (Å²) in [5.74, 6) is -1.69. The third-order valence-corrected chi connectivity index (χ3v) is 5.48. The second-order valence-corrected chi connectivity index (χ2v) is 7.93. The van der Waals surface area contributed by atoms with Gasteiger partial charge in [-0.05, 0) is 29.8 Å². The molecule has 166 valence electrons. The fourth-order valence-corrected chi connectivity index (χ4v) is 3.71. The minimum absolute atomic E-state index is 0.103. The van der Waals surface area contributed by atoms with Gasteiger partial charge in [-0.3, -0.25) is 4.79 Å². The van der Waals surface area contributed by atoms with Gasteiger partial charge in [-0.25, -0.2) is 14.2 Å². The number of anilines is 2. The molecule has 8 heteroatoms. The average molecular weight is 462 g/mol. The molecule has 6 nitrogen and oxygen atoms in total. The average Bonchev–Trinajstić information content (AvgIpc) is 3.33. The van der Waals surface area contributed by atoms with Crippen LogP contribution in [0.5, 0.6) is 0 Å². The zero-order valence-corrected chi connectivity index (χ0v) is 18.2. The molecule has 1 amide bonds. The Balaban J connectivity index is 1.45. The molecule has 0 aliphatic heterocycles. The summed E-state index contributed by atoms with van der Waals surface area (Å²) in [6, 6.07) is 23.8. The van der Waals surface area contributed by atoms with Crippen LogP contribution in [0.25, 0.3) is 0 Å². The van der Waals surface area contributed by atoms with Crippen molar-refractivity contribution in [2.75, 3.05) is 10.6 Å². The topological polar surface area (TPSA) is 80.3 Å². The van der Waals surface area contributed by atoms with Gasteiger partial charge >= 0.3 is 5.97 Å². The highest BCUT2D eigenvalue weighted by Gasteiger charge is 2.27. The SMILES string of the molecule is O=C(OC(C(=O)Nc1ccc(F)cc1)c1ccccc1)c1csc(NCc2ccccc2)n1. The molecule has 3 aromatic carbocycles. The van der Waals surface area contributed by atoms with E-state index in [0.29, 0.717) is 22.9 Å². The third kappa shape index (κ3) is 6.02. The molecule has 1 aromatic heterocycles. The molecule has 1 unspecified atom stereocenters. The van der Waals surface area contributed by atoms with Crippen LogP contribution in [-0.4, -0.2) is 16.9 Å². The molecule has 4 rings (SSSR count). The molecular formula is C25H20FN3O3S. The first-order valence-corrected chi connectivity index (χ1v) is 11.0. The number of benzene rings is 3. The third-order valence-electron chi connectivity index (χ3n) is 4.68. The van der Waals surface area contributed by atoms with Gasteiger partial charge < -0.3 is 15.4 Å². The fraction of sp³-hybridized carbons (Fsp3) is 0.0800. The minimum Gasteiger partial charge on any atom is -0.443 e. The number of hydrogen-bond acceptors (Lipinski definition) is 6. The van der Waals surface area contributed by atoms with Gasteiger partial charge in [-0.1, -0.05) is 60.7 Å². The highest BCUT2D eigenvalue weighted by Crippen LogP contribution is 2.24. The molecule has 0 saturated carbocycles. The van der Waals surface area contributed by atoms with E-state index in [0.717, 1.165) is 5.56 Å². The van der Waals surface area contributed by atoms with Crippen molar-refractivity contribution in [3.05, 3.63) is 113 Å². The molecule has 2 N–H and O–H groups in total. The fourth-order valence-electron chi connectivity index (χ4n) is 3.03. The summed E-state index contributed by atoms with van der Waals surface area (Å²) >= 11 is 1.27. The molecule has 0 aliphatic rings. The van der Waals surface area contributed by atoms with Crippen molar-refractivity contribution in [2.24, 2.45) is 0 Å². The molecule has 0 fully saturated rings. The van der Waals surface area contributed by atoms with E-state index in [9.17, 15) is 14.0 Å². The zero-order valence-electron chi connectivity index (χ0n) is 17.4. The number of carbonyl (C=O) groups excluding carboxylic acids is 2. The number of esters is 1. The van der Waals surface area contributed by atoms with Crippen LogP contribution in [0.15, 0.2) is 90.3 Å². The van der Waals surface area contributed by atoms with Crippen LogP contribution in [0, 0.1) is 5.82 Å². The Morgan fingerprint density at radius 1 is 0.939 bits per heavy atom. The predicted octanol–water partition coefficient (Wildman–Crippen LogP) is 5.43. The Kier molecular flexibility index (Phi) is 7.06. The van der Waals surface area contributed by atoms with Crippen molar-refractivity contribution in [1.82, 2.24) is 4.98 Å². The number of nitrogens with zero attached hydrogens (tertiary/aromatic N) is 1. The van der Waals surface area contributed by atoms with Crippen molar-refractivity contribution in [2.45, 2.75) is 12.6 Å². The molecular weight excluding hydrogens is 441 g/mol. The second kappa shape index (κ2) is 10.5. The highest BCUT2D eigenvalue weighted by molar-refractivity contribution is 7.13. The first-order valence-electron chi connectivity index (χ1n) is 10.1. The molecule has 33 heavy (non-hydrogen) atoms. The first-order chi connectivity index (χ1) is 16.1. The lowest BCUT2D eigenvalue weighted by Crippen LogP contribution is -2.26. The van der Waals surface area contributed by atoms with Gasteiger partial charge in [0.15, 0.2) is 10.8 Å². The largest absolute Gasteiger partial charge is 0.443 e. The number of thiazole rings is 1. The van der Waals surface area contributed by atoms with Gasteiger partial charge in [0.2, 0.25) is 6.10 Å². The maximum Gasteiger partial charge on any atom is 0.359 e. The molecule has 0 bridgehead atoms. The molecule has 1 atom stereocenters. The van der Waals surface area contributed by atoms with Gasteiger partial charge in [-0.2, -0.15) is 0 Å². The van der Waals surface area contributed by atoms with Crippen LogP contribution in [0.3, 0.4) is 0 Å². The van der Waals surface area contributed by atoms with Crippen molar-refractivity contribution >= 4 is 34.0 Å². The maximum absolute atomic E-state index is 13.2. The number of hydrogen-bond donors (Lipinski definition) is 2. The molecule has 0 radical (unpaired) electrons. The number of halogens is 1. The molecule has 0 aliphatic carbocycles. The normalized spacial score (nSPS) is 11.4. The van der Waals surface area contributed by atoms with Crippen LogP contribution in [0.1, 0.15) is 27.7 Å². The number of carbonyl (C=O) groups is 2. The molecule has 1 heterocycles. The predicted molar refractivity (Wildman–Crippen MR) is 126 cm³/mol. The summed E-state index contributed by atoms with van der Waals surface area (Å²) in [5.41, 5.74) is 2.08. The van der Waals surface area contributed by atoms with Crippen LogP contribution >= 0.6 is 11.3 Å². The van der Waals surface area contributed by atoms with E-state index in [4.69, 9.17) is 4.74 Å². The van der Waals surface area contributed by atoms with Crippen LogP contribution < -0.4 is 10.6 Å². The lowest BCUT2D eigenvalue weighted by atomic mass is 10.1. The number of rotatable bonds is 8. The van der Waals surface area contributed by atoms with Gasteiger partial charge in [0, 0.05) is 23.2 Å². The quantitative estimate of drug-likeness (QED) is 0.342. The van der Waals surface area contributed by atoms with Gasteiger partial charge in [0.05, 0.1) is 0 Å². The highest BCUT2D eigenvalue weighted by atomic mass is 32.1. The molecule has 0 spiro atoms. The second-order valence-electron chi connectivity index (χ2n) is 7.07. The number of aromatic nitrogens is 1. The molecule has 4 aromatic rings.